The summed E-state index contributed by atoms with van der Waals surface area (Å²) < 4.78 is 8.56. The quantitative estimate of drug-likeness (QED) is 0.847. The van der Waals surface area contributed by atoms with E-state index in [2.05, 4.69) is 25.9 Å². The monoisotopic (exact) mass is 354 g/mol. The van der Waals surface area contributed by atoms with Crippen LogP contribution in [0.1, 0.15) is 21.6 Å². The second kappa shape index (κ2) is 5.22. The molecular formula is C13H15BrN4OS. The largest absolute Gasteiger partial charge is 0.375 e. The maximum absolute atomic E-state index is 5.47. The number of nitrogens with zero attached hydrogens (tertiary/aromatic N) is 4. The van der Waals surface area contributed by atoms with Crippen molar-refractivity contribution in [2.75, 3.05) is 19.7 Å². The summed E-state index contributed by atoms with van der Waals surface area (Å²) in [6.07, 6.45) is 4.86. The summed E-state index contributed by atoms with van der Waals surface area (Å²) in [4.78, 5) is 8.48. The maximum atomic E-state index is 5.47. The molecule has 0 amide bonds. The van der Waals surface area contributed by atoms with Crippen molar-refractivity contribution >= 4 is 27.3 Å². The number of hydrogen-bond donors (Lipinski definition) is 0. The van der Waals surface area contributed by atoms with Gasteiger partial charge in [-0.05, 0) is 15.9 Å². The van der Waals surface area contributed by atoms with Gasteiger partial charge in [0.1, 0.15) is 5.01 Å². The molecule has 2 aliphatic heterocycles. The normalized spacial score (nSPS) is 19.9. The molecule has 0 bridgehead atoms. The summed E-state index contributed by atoms with van der Waals surface area (Å²) >= 11 is 5.24. The molecule has 0 unspecified atom stereocenters. The Labute approximate surface area is 129 Å². The second-order valence-electron chi connectivity index (χ2n) is 5.27. The van der Waals surface area contributed by atoms with Crippen LogP contribution in [0.3, 0.4) is 0 Å². The van der Waals surface area contributed by atoms with E-state index >= 15 is 0 Å². The van der Waals surface area contributed by atoms with Crippen molar-refractivity contribution in [1.29, 1.82) is 0 Å². The Morgan fingerprint density at radius 1 is 1.45 bits per heavy atom. The van der Waals surface area contributed by atoms with Crippen LogP contribution < -0.4 is 0 Å². The fraction of sp³-hybridized carbons (Fsp3) is 0.538. The van der Waals surface area contributed by atoms with Gasteiger partial charge in [0.2, 0.25) is 0 Å². The van der Waals surface area contributed by atoms with Crippen LogP contribution in [-0.4, -0.2) is 39.4 Å². The zero-order chi connectivity index (χ0) is 13.5. The zero-order valence-electron chi connectivity index (χ0n) is 11.0. The summed E-state index contributed by atoms with van der Waals surface area (Å²) in [7, 11) is 0. The highest BCUT2D eigenvalue weighted by Gasteiger charge is 2.29. The Balaban J connectivity index is 1.36. The summed E-state index contributed by atoms with van der Waals surface area (Å²) in [5.74, 6) is 0. The molecule has 0 spiro atoms. The molecule has 20 heavy (non-hydrogen) atoms. The molecule has 0 saturated carbocycles. The van der Waals surface area contributed by atoms with Crippen LogP contribution in [0.4, 0.5) is 0 Å². The van der Waals surface area contributed by atoms with E-state index in [4.69, 9.17) is 9.72 Å². The Morgan fingerprint density at radius 2 is 2.35 bits per heavy atom. The summed E-state index contributed by atoms with van der Waals surface area (Å²) in [6, 6.07) is 0.499. The first-order valence-electron chi connectivity index (χ1n) is 6.75. The molecule has 4 heterocycles. The zero-order valence-corrected chi connectivity index (χ0v) is 13.4. The lowest BCUT2D eigenvalue weighted by Gasteiger charge is -2.38. The van der Waals surface area contributed by atoms with Gasteiger partial charge in [-0.1, -0.05) is 0 Å². The number of halogens is 1. The number of fused-ring (bicyclic) bond motifs is 1. The Morgan fingerprint density at radius 3 is 3.10 bits per heavy atom. The van der Waals surface area contributed by atoms with Gasteiger partial charge in [-0.3, -0.25) is 9.58 Å². The molecule has 0 radical (unpaired) electrons. The smallest absolute Gasteiger partial charge is 0.107 e. The molecule has 2 aromatic heterocycles. The van der Waals surface area contributed by atoms with Crippen LogP contribution in [0.15, 0.2) is 16.9 Å². The highest BCUT2D eigenvalue weighted by molar-refractivity contribution is 9.10. The van der Waals surface area contributed by atoms with Crippen LogP contribution in [-0.2, 0) is 24.3 Å². The molecule has 0 atom stereocenters. The lowest BCUT2D eigenvalue weighted by molar-refractivity contribution is 0.0906. The van der Waals surface area contributed by atoms with Crippen molar-refractivity contribution in [3.05, 3.63) is 32.4 Å². The molecule has 0 aliphatic carbocycles. The first-order valence-corrected chi connectivity index (χ1v) is 8.36. The molecule has 5 nitrogen and oxygen atoms in total. The first-order chi connectivity index (χ1) is 9.78. The van der Waals surface area contributed by atoms with Gasteiger partial charge in [-0.15, -0.1) is 11.3 Å². The molecule has 7 heteroatoms. The van der Waals surface area contributed by atoms with E-state index < -0.39 is 0 Å². The van der Waals surface area contributed by atoms with Gasteiger partial charge in [-0.25, -0.2) is 4.98 Å². The number of aromatic nitrogens is 3. The number of likely N-dealkylation sites (tertiary alicyclic amines) is 1. The maximum Gasteiger partial charge on any atom is 0.107 e. The topological polar surface area (TPSA) is 43.2 Å². The van der Waals surface area contributed by atoms with Crippen LogP contribution in [0.25, 0.3) is 0 Å². The third-order valence-corrected chi connectivity index (χ3v) is 5.25. The molecule has 1 fully saturated rings. The molecular weight excluding hydrogens is 340 g/mol. The van der Waals surface area contributed by atoms with E-state index in [0.29, 0.717) is 6.04 Å². The van der Waals surface area contributed by atoms with Gasteiger partial charge in [-0.2, -0.15) is 5.10 Å². The minimum atomic E-state index is 0.499. The first kappa shape index (κ1) is 12.9. The van der Waals surface area contributed by atoms with E-state index in [1.165, 1.54) is 15.6 Å². The van der Waals surface area contributed by atoms with E-state index in [0.717, 1.165) is 43.7 Å². The van der Waals surface area contributed by atoms with Gasteiger partial charge < -0.3 is 4.74 Å². The van der Waals surface area contributed by atoms with Crippen LogP contribution in [0.2, 0.25) is 0 Å². The minimum Gasteiger partial charge on any atom is -0.375 e. The predicted molar refractivity (Wildman–Crippen MR) is 79.7 cm³/mol. The fourth-order valence-corrected chi connectivity index (χ4v) is 4.09. The van der Waals surface area contributed by atoms with Crippen molar-refractivity contribution in [2.45, 2.75) is 25.6 Å². The highest BCUT2D eigenvalue weighted by Crippen LogP contribution is 2.28. The van der Waals surface area contributed by atoms with Gasteiger partial charge in [0.05, 0.1) is 47.0 Å². The molecule has 0 N–H and O–H groups in total. The predicted octanol–water partition coefficient (Wildman–Crippen LogP) is 2.23. The van der Waals surface area contributed by atoms with Crippen molar-refractivity contribution < 1.29 is 4.74 Å². The summed E-state index contributed by atoms with van der Waals surface area (Å²) in [5, 5.41) is 5.57. The van der Waals surface area contributed by atoms with Crippen molar-refractivity contribution in [3.63, 3.8) is 0 Å². The Kier molecular flexibility index (Phi) is 3.37. The average molecular weight is 355 g/mol. The number of rotatable bonds is 3. The Hall–Kier alpha value is -0.760. The molecule has 4 rings (SSSR count). The number of ether oxygens (including phenoxy) is 1. The highest BCUT2D eigenvalue weighted by atomic mass is 79.9. The van der Waals surface area contributed by atoms with Crippen molar-refractivity contribution in [2.24, 2.45) is 0 Å². The van der Waals surface area contributed by atoms with Crippen LogP contribution in [0, 0.1) is 0 Å². The summed E-state index contributed by atoms with van der Waals surface area (Å²) in [6.45, 7) is 4.62. The Bertz CT molecular complexity index is 596. The van der Waals surface area contributed by atoms with Crippen molar-refractivity contribution in [1.82, 2.24) is 19.7 Å². The van der Waals surface area contributed by atoms with Crippen molar-refractivity contribution in [3.8, 4) is 0 Å². The third-order valence-electron chi connectivity index (χ3n) is 3.78. The van der Waals surface area contributed by atoms with E-state index in [1.54, 1.807) is 11.3 Å². The minimum absolute atomic E-state index is 0.499. The van der Waals surface area contributed by atoms with Gasteiger partial charge in [0.25, 0.3) is 0 Å². The van der Waals surface area contributed by atoms with Gasteiger partial charge in [0, 0.05) is 25.7 Å². The average Bonchev–Trinajstić information content (AvgIpc) is 2.98. The van der Waals surface area contributed by atoms with Gasteiger partial charge in [0.15, 0.2) is 0 Å². The lowest BCUT2D eigenvalue weighted by atomic mass is 10.1. The second-order valence-corrected chi connectivity index (χ2v) is 7.35. The molecule has 106 valence electrons. The fourth-order valence-electron chi connectivity index (χ4n) is 2.69. The SMILES string of the molecule is Brc1cnn(C2CN(Cc3nc4c(s3)COCC4)C2)c1. The molecule has 2 aromatic rings. The lowest BCUT2D eigenvalue weighted by Crippen LogP contribution is -2.47. The number of thiazole rings is 1. The van der Waals surface area contributed by atoms with Gasteiger partial charge >= 0.3 is 0 Å². The van der Waals surface area contributed by atoms with E-state index in [1.807, 2.05) is 17.1 Å². The molecule has 2 aliphatic rings. The standard InChI is InChI=1S/C13H15BrN4OS/c14-9-3-15-18(4-9)10-5-17(6-10)7-13-16-11-1-2-19-8-12(11)20-13/h3-4,10H,1-2,5-8H2. The van der Waals surface area contributed by atoms with E-state index in [-0.39, 0.29) is 0 Å². The van der Waals surface area contributed by atoms with Crippen LogP contribution in [0.5, 0.6) is 0 Å². The molecule has 1 saturated heterocycles. The van der Waals surface area contributed by atoms with Crippen LogP contribution >= 0.6 is 27.3 Å². The van der Waals surface area contributed by atoms with E-state index in [9.17, 15) is 0 Å². The third kappa shape index (κ3) is 2.43. The molecule has 0 aromatic carbocycles. The number of hydrogen-bond acceptors (Lipinski definition) is 5. The summed E-state index contributed by atoms with van der Waals surface area (Å²) in [5.41, 5.74) is 1.25.